The highest BCUT2D eigenvalue weighted by Crippen LogP contribution is 2.44. The van der Waals surface area contributed by atoms with Gasteiger partial charge in [-0.15, -0.1) is 0 Å². The van der Waals surface area contributed by atoms with Crippen LogP contribution < -0.4 is 5.43 Å². The fraction of sp³-hybridized carbons (Fsp3) is 0.650. The molecule has 3 aliphatic rings. The van der Waals surface area contributed by atoms with Crippen molar-refractivity contribution in [2.24, 2.45) is 17.3 Å². The van der Waals surface area contributed by atoms with Gasteiger partial charge in [0.2, 0.25) is 5.91 Å². The normalized spacial score (nSPS) is 28.2. The Hall–Kier alpha value is -2.15. The van der Waals surface area contributed by atoms with Crippen molar-refractivity contribution in [2.45, 2.75) is 39.7 Å². The molecular formula is C20H27N3O4. The number of likely N-dealkylation sites (tertiary alicyclic amines) is 2. The molecule has 0 aromatic carbocycles. The zero-order chi connectivity index (χ0) is 19.3. The van der Waals surface area contributed by atoms with E-state index in [9.17, 15) is 19.5 Å². The van der Waals surface area contributed by atoms with Crippen LogP contribution in [0.15, 0.2) is 11.0 Å². The van der Waals surface area contributed by atoms with Crippen LogP contribution in [0.5, 0.6) is 0 Å². The van der Waals surface area contributed by atoms with Gasteiger partial charge >= 0.3 is 5.97 Å². The Kier molecular flexibility index (Phi) is 4.37. The Bertz CT molecular complexity index is 844. The van der Waals surface area contributed by atoms with Gasteiger partial charge in [0.05, 0.1) is 0 Å². The van der Waals surface area contributed by atoms with Gasteiger partial charge in [-0.3, -0.25) is 19.3 Å². The summed E-state index contributed by atoms with van der Waals surface area (Å²) in [6.45, 7) is 6.01. The number of nitrogens with zero attached hydrogens (tertiary/aromatic N) is 2. The highest BCUT2D eigenvalue weighted by molar-refractivity contribution is 5.83. The monoisotopic (exact) mass is 373 g/mol. The molecule has 2 saturated heterocycles. The molecule has 0 radical (unpaired) electrons. The standard InChI is InChI=1S/C20H27N3O4/c1-12-6-21-16(13(2)17(12)24)9-22-7-15-8-23(18(25)14-4-3-5-14)11-20(15,10-22)19(26)27/h6,14-15H,3-5,7-11H2,1-2H3,(H,21,24)(H,26,27)/t15-,20-/m0/s1. The number of aromatic amines is 1. The van der Waals surface area contributed by atoms with Crippen molar-refractivity contribution in [2.75, 3.05) is 26.2 Å². The molecule has 1 amide bonds. The number of aryl methyl sites for hydroxylation is 1. The van der Waals surface area contributed by atoms with Crippen LogP contribution in [0.2, 0.25) is 0 Å². The summed E-state index contributed by atoms with van der Waals surface area (Å²) in [5.74, 6) is -0.628. The first kappa shape index (κ1) is 18.2. The molecule has 1 aromatic heterocycles. The number of carboxylic acid groups (broad SMARTS) is 1. The van der Waals surface area contributed by atoms with E-state index < -0.39 is 11.4 Å². The number of aromatic nitrogens is 1. The maximum atomic E-state index is 12.6. The highest BCUT2D eigenvalue weighted by atomic mass is 16.4. The quantitative estimate of drug-likeness (QED) is 0.825. The van der Waals surface area contributed by atoms with Gasteiger partial charge in [0.1, 0.15) is 5.41 Å². The molecule has 1 saturated carbocycles. The van der Waals surface area contributed by atoms with E-state index in [1.54, 1.807) is 18.0 Å². The van der Waals surface area contributed by atoms with Gasteiger partial charge in [-0.05, 0) is 26.7 Å². The number of H-pyrrole nitrogens is 1. The Labute approximate surface area is 158 Å². The summed E-state index contributed by atoms with van der Waals surface area (Å²) in [5.41, 5.74) is 1.36. The zero-order valence-corrected chi connectivity index (χ0v) is 16.0. The van der Waals surface area contributed by atoms with Crippen LogP contribution in [0.1, 0.15) is 36.1 Å². The third-order valence-corrected chi connectivity index (χ3v) is 6.87. The Morgan fingerprint density at radius 1 is 1.26 bits per heavy atom. The molecule has 27 heavy (non-hydrogen) atoms. The maximum Gasteiger partial charge on any atom is 0.313 e. The molecule has 1 aliphatic carbocycles. The van der Waals surface area contributed by atoms with E-state index in [4.69, 9.17) is 0 Å². The minimum absolute atomic E-state index is 0.0355. The van der Waals surface area contributed by atoms with Gasteiger partial charge in [0, 0.05) is 67.6 Å². The minimum atomic E-state index is -0.891. The minimum Gasteiger partial charge on any atom is -0.481 e. The van der Waals surface area contributed by atoms with Crippen molar-refractivity contribution in [3.05, 3.63) is 33.2 Å². The lowest BCUT2D eigenvalue weighted by Crippen LogP contribution is -2.44. The molecule has 2 N–H and O–H groups in total. The van der Waals surface area contributed by atoms with Crippen LogP contribution in [0.4, 0.5) is 0 Å². The van der Waals surface area contributed by atoms with E-state index in [-0.39, 0.29) is 23.2 Å². The van der Waals surface area contributed by atoms with E-state index >= 15 is 0 Å². The highest BCUT2D eigenvalue weighted by Gasteiger charge is 2.58. The van der Waals surface area contributed by atoms with Gasteiger partial charge in [0.25, 0.3) is 0 Å². The number of carboxylic acids is 1. The van der Waals surface area contributed by atoms with E-state index in [2.05, 4.69) is 9.88 Å². The van der Waals surface area contributed by atoms with Crippen LogP contribution in [-0.4, -0.2) is 57.9 Å². The van der Waals surface area contributed by atoms with E-state index in [0.717, 1.165) is 25.0 Å². The summed E-state index contributed by atoms with van der Waals surface area (Å²) in [6, 6.07) is 0. The maximum absolute atomic E-state index is 12.6. The first-order chi connectivity index (χ1) is 12.8. The predicted molar refractivity (Wildman–Crippen MR) is 99.3 cm³/mol. The van der Waals surface area contributed by atoms with Gasteiger partial charge in [-0.25, -0.2) is 0 Å². The summed E-state index contributed by atoms with van der Waals surface area (Å²) in [7, 11) is 0. The second-order valence-corrected chi connectivity index (χ2v) is 8.58. The average molecular weight is 373 g/mol. The molecule has 7 nitrogen and oxygen atoms in total. The van der Waals surface area contributed by atoms with E-state index in [1.807, 2.05) is 6.92 Å². The molecule has 1 aromatic rings. The SMILES string of the molecule is Cc1c[nH]c(CN2C[C@H]3CN(C(=O)C4CCC4)C[C@@]3(C(=O)O)C2)c(C)c1=O. The summed E-state index contributed by atoms with van der Waals surface area (Å²) in [5, 5.41) is 9.98. The lowest BCUT2D eigenvalue weighted by Gasteiger charge is -2.31. The summed E-state index contributed by atoms with van der Waals surface area (Å²) >= 11 is 0. The molecule has 2 atom stereocenters. The van der Waals surface area contributed by atoms with Crippen LogP contribution >= 0.6 is 0 Å². The molecule has 146 valence electrons. The number of carbonyl (C=O) groups is 2. The molecule has 4 rings (SSSR count). The molecular weight excluding hydrogens is 346 g/mol. The van der Waals surface area contributed by atoms with Crippen LogP contribution in [-0.2, 0) is 16.1 Å². The van der Waals surface area contributed by atoms with Crippen LogP contribution in [0.3, 0.4) is 0 Å². The Morgan fingerprint density at radius 3 is 2.59 bits per heavy atom. The summed E-state index contributed by atoms with van der Waals surface area (Å²) in [4.78, 5) is 44.0. The lowest BCUT2D eigenvalue weighted by molar-refractivity contribution is -0.149. The molecule has 7 heteroatoms. The number of nitrogens with one attached hydrogen (secondary N) is 1. The van der Waals surface area contributed by atoms with Gasteiger partial charge in [-0.1, -0.05) is 6.42 Å². The average Bonchev–Trinajstić information content (AvgIpc) is 3.09. The van der Waals surface area contributed by atoms with E-state index in [1.165, 1.54) is 0 Å². The molecule has 2 aliphatic heterocycles. The number of carbonyl (C=O) groups excluding carboxylic acids is 1. The van der Waals surface area contributed by atoms with Crippen molar-refractivity contribution in [1.29, 1.82) is 0 Å². The third kappa shape index (κ3) is 2.88. The fourth-order valence-corrected chi connectivity index (χ4v) is 4.86. The second kappa shape index (κ2) is 6.48. The van der Waals surface area contributed by atoms with Crippen molar-refractivity contribution < 1.29 is 14.7 Å². The van der Waals surface area contributed by atoms with Crippen molar-refractivity contribution in [3.8, 4) is 0 Å². The molecule has 0 unspecified atom stereocenters. The molecule has 0 spiro atoms. The second-order valence-electron chi connectivity index (χ2n) is 8.58. The predicted octanol–water partition coefficient (Wildman–Crippen LogP) is 1.14. The Balaban J connectivity index is 1.50. The first-order valence-corrected chi connectivity index (χ1v) is 9.74. The van der Waals surface area contributed by atoms with Crippen molar-refractivity contribution in [3.63, 3.8) is 0 Å². The van der Waals surface area contributed by atoms with Crippen LogP contribution in [0, 0.1) is 31.1 Å². The van der Waals surface area contributed by atoms with Gasteiger partial charge < -0.3 is 15.0 Å². The summed E-state index contributed by atoms with van der Waals surface area (Å²) in [6.07, 6.45) is 4.69. The van der Waals surface area contributed by atoms with Gasteiger partial charge in [-0.2, -0.15) is 0 Å². The smallest absolute Gasteiger partial charge is 0.313 e. The van der Waals surface area contributed by atoms with E-state index in [0.29, 0.717) is 43.9 Å². The number of hydrogen-bond donors (Lipinski definition) is 2. The number of fused-ring (bicyclic) bond motifs is 1. The molecule has 3 fully saturated rings. The van der Waals surface area contributed by atoms with Crippen molar-refractivity contribution >= 4 is 11.9 Å². The number of amides is 1. The lowest BCUT2D eigenvalue weighted by atomic mass is 9.81. The number of pyridine rings is 1. The number of hydrogen-bond acceptors (Lipinski definition) is 4. The topological polar surface area (TPSA) is 93.7 Å². The largest absolute Gasteiger partial charge is 0.481 e. The van der Waals surface area contributed by atoms with Gasteiger partial charge in [0.15, 0.2) is 5.43 Å². The van der Waals surface area contributed by atoms with Crippen molar-refractivity contribution in [1.82, 2.24) is 14.8 Å². The van der Waals surface area contributed by atoms with Crippen LogP contribution in [0.25, 0.3) is 0 Å². The third-order valence-electron chi connectivity index (χ3n) is 6.87. The number of aliphatic carboxylic acids is 1. The number of rotatable bonds is 4. The zero-order valence-electron chi connectivity index (χ0n) is 16.0. The molecule has 0 bridgehead atoms. The Morgan fingerprint density at radius 2 is 2.00 bits per heavy atom. The first-order valence-electron chi connectivity index (χ1n) is 9.74. The fourth-order valence-electron chi connectivity index (χ4n) is 4.86. The molecule has 3 heterocycles. The summed E-state index contributed by atoms with van der Waals surface area (Å²) < 4.78 is 0.